The lowest BCUT2D eigenvalue weighted by Crippen LogP contribution is -2.29. The molecule has 0 N–H and O–H groups in total. The highest BCUT2D eigenvalue weighted by Crippen LogP contribution is 2.20. The fourth-order valence-corrected chi connectivity index (χ4v) is 1.60. The minimum absolute atomic E-state index is 0.0305. The number of nitrogens with zero attached hydrogens (tertiary/aromatic N) is 1. The number of carbonyl (C=O) groups is 2. The third kappa shape index (κ3) is 3.93. The minimum Gasteiger partial charge on any atom is -0.469 e. The fraction of sp³-hybridized carbons (Fsp3) is 0.385. The number of esters is 1. The Morgan fingerprint density at radius 1 is 1.14 bits per heavy atom. The zero-order valence-corrected chi connectivity index (χ0v) is 11.4. The highest BCUT2D eigenvalue weighted by molar-refractivity contribution is 5.94. The van der Waals surface area contributed by atoms with Crippen LogP contribution >= 0.6 is 0 Å². The van der Waals surface area contributed by atoms with Gasteiger partial charge in [-0.05, 0) is 12.5 Å². The number of amides is 1. The van der Waals surface area contributed by atoms with Crippen LogP contribution in [-0.2, 0) is 9.53 Å². The highest BCUT2D eigenvalue weighted by Gasteiger charge is 2.24. The molecule has 0 aliphatic rings. The summed E-state index contributed by atoms with van der Waals surface area (Å²) in [4.78, 5) is 23.7. The van der Waals surface area contributed by atoms with Crippen LogP contribution in [0.5, 0.6) is 0 Å². The molecule has 1 aromatic carbocycles. The van der Waals surface area contributed by atoms with Crippen molar-refractivity contribution in [2.45, 2.75) is 12.8 Å². The topological polar surface area (TPSA) is 46.6 Å². The summed E-state index contributed by atoms with van der Waals surface area (Å²) in [6.45, 7) is 0.0357. The first-order chi connectivity index (χ1) is 9.79. The van der Waals surface area contributed by atoms with E-state index in [-0.39, 0.29) is 19.4 Å². The number of methoxy groups -OCH3 is 1. The maximum Gasteiger partial charge on any atom is 0.305 e. The molecule has 1 rings (SSSR count). The average molecular weight is 307 g/mol. The summed E-state index contributed by atoms with van der Waals surface area (Å²) < 4.78 is 56.7. The smallest absolute Gasteiger partial charge is 0.305 e. The number of hydrogen-bond donors (Lipinski definition) is 0. The van der Waals surface area contributed by atoms with Crippen molar-refractivity contribution in [3.63, 3.8) is 0 Å². The minimum atomic E-state index is -2.04. The molecule has 0 fully saturated rings. The van der Waals surface area contributed by atoms with Crippen molar-refractivity contribution in [1.82, 2.24) is 4.90 Å². The van der Waals surface area contributed by atoms with E-state index >= 15 is 0 Å². The van der Waals surface area contributed by atoms with Crippen molar-refractivity contribution in [1.29, 1.82) is 0 Å². The third-order valence-corrected chi connectivity index (χ3v) is 2.78. The summed E-state index contributed by atoms with van der Waals surface area (Å²) in [5.74, 6) is -8.92. The van der Waals surface area contributed by atoms with Crippen molar-refractivity contribution >= 4 is 11.9 Å². The van der Waals surface area contributed by atoms with Crippen molar-refractivity contribution in [3.8, 4) is 0 Å². The van der Waals surface area contributed by atoms with E-state index in [0.29, 0.717) is 6.07 Å². The molecule has 1 aromatic rings. The highest BCUT2D eigenvalue weighted by atomic mass is 19.2. The first kappa shape index (κ1) is 16.9. The van der Waals surface area contributed by atoms with Gasteiger partial charge in [-0.3, -0.25) is 9.59 Å². The summed E-state index contributed by atoms with van der Waals surface area (Å²) in [5, 5.41) is 0. The molecule has 0 aromatic heterocycles. The molecular weight excluding hydrogens is 294 g/mol. The van der Waals surface area contributed by atoms with Gasteiger partial charge in [0.05, 0.1) is 12.7 Å². The largest absolute Gasteiger partial charge is 0.469 e. The van der Waals surface area contributed by atoms with E-state index in [2.05, 4.69) is 4.74 Å². The molecule has 8 heteroatoms. The Bertz CT molecular complexity index is 563. The summed E-state index contributed by atoms with van der Waals surface area (Å²) in [6.07, 6.45) is 0.255. The van der Waals surface area contributed by atoms with Gasteiger partial charge in [0.15, 0.2) is 23.3 Å². The van der Waals surface area contributed by atoms with Crippen LogP contribution in [0.2, 0.25) is 0 Å². The molecule has 0 unspecified atom stereocenters. The molecule has 0 atom stereocenters. The first-order valence-corrected chi connectivity index (χ1v) is 5.94. The van der Waals surface area contributed by atoms with E-state index in [4.69, 9.17) is 0 Å². The normalized spacial score (nSPS) is 10.4. The Morgan fingerprint density at radius 2 is 1.76 bits per heavy atom. The lowest BCUT2D eigenvalue weighted by Gasteiger charge is -2.17. The SMILES string of the molecule is COC(=O)CCCN(C)C(=O)c1cc(F)c(F)c(F)c1F. The Balaban J connectivity index is 2.82. The molecule has 0 heterocycles. The van der Waals surface area contributed by atoms with Crippen molar-refractivity contribution in [3.05, 3.63) is 34.9 Å². The van der Waals surface area contributed by atoms with Gasteiger partial charge in [0.2, 0.25) is 0 Å². The van der Waals surface area contributed by atoms with Gasteiger partial charge in [0, 0.05) is 20.0 Å². The average Bonchev–Trinajstić information content (AvgIpc) is 2.47. The summed E-state index contributed by atoms with van der Waals surface area (Å²) >= 11 is 0. The molecule has 0 bridgehead atoms. The molecule has 0 radical (unpaired) electrons. The van der Waals surface area contributed by atoms with Crippen LogP contribution in [0, 0.1) is 23.3 Å². The molecule has 0 saturated carbocycles. The first-order valence-electron chi connectivity index (χ1n) is 5.94. The predicted molar refractivity (Wildman–Crippen MR) is 64.5 cm³/mol. The summed E-state index contributed by atoms with van der Waals surface area (Å²) in [5.41, 5.74) is -0.910. The molecule has 0 aliphatic heterocycles. The predicted octanol–water partition coefficient (Wildman–Crippen LogP) is 2.27. The van der Waals surface area contributed by atoms with Crippen LogP contribution < -0.4 is 0 Å². The van der Waals surface area contributed by atoms with Gasteiger partial charge in [-0.2, -0.15) is 0 Å². The quantitative estimate of drug-likeness (QED) is 0.363. The maximum absolute atomic E-state index is 13.5. The third-order valence-electron chi connectivity index (χ3n) is 2.78. The van der Waals surface area contributed by atoms with Crippen molar-refractivity contribution < 1.29 is 31.9 Å². The van der Waals surface area contributed by atoms with Gasteiger partial charge < -0.3 is 9.64 Å². The van der Waals surface area contributed by atoms with Crippen LogP contribution in [0.15, 0.2) is 6.07 Å². The van der Waals surface area contributed by atoms with Crippen LogP contribution in [0.3, 0.4) is 0 Å². The monoisotopic (exact) mass is 307 g/mol. The van der Waals surface area contributed by atoms with Gasteiger partial charge in [0.1, 0.15) is 0 Å². The van der Waals surface area contributed by atoms with E-state index in [0.717, 1.165) is 4.90 Å². The van der Waals surface area contributed by atoms with E-state index < -0.39 is 40.7 Å². The molecule has 1 amide bonds. The Labute approximate surface area is 118 Å². The van der Waals surface area contributed by atoms with Crippen LogP contribution in [0.4, 0.5) is 17.6 Å². The van der Waals surface area contributed by atoms with Crippen molar-refractivity contribution in [2.24, 2.45) is 0 Å². The number of carbonyl (C=O) groups excluding carboxylic acids is 2. The molecular formula is C13H13F4NO3. The molecule has 21 heavy (non-hydrogen) atoms. The van der Waals surface area contributed by atoms with Gasteiger partial charge in [-0.15, -0.1) is 0 Å². The summed E-state index contributed by atoms with van der Waals surface area (Å²) in [7, 11) is 2.47. The number of benzene rings is 1. The Kier molecular flexibility index (Phi) is 5.69. The van der Waals surface area contributed by atoms with Crippen molar-refractivity contribution in [2.75, 3.05) is 20.7 Å². The van der Waals surface area contributed by atoms with E-state index in [1.807, 2.05) is 0 Å². The van der Waals surface area contributed by atoms with E-state index in [1.165, 1.54) is 14.2 Å². The summed E-state index contributed by atoms with van der Waals surface area (Å²) in [6, 6.07) is 0.298. The second-order valence-electron chi connectivity index (χ2n) is 4.25. The molecule has 0 spiro atoms. The second-order valence-corrected chi connectivity index (χ2v) is 4.25. The number of ether oxygens (including phenoxy) is 1. The second kappa shape index (κ2) is 7.05. The Morgan fingerprint density at radius 3 is 2.33 bits per heavy atom. The number of hydrogen-bond acceptors (Lipinski definition) is 3. The lowest BCUT2D eigenvalue weighted by atomic mass is 10.1. The van der Waals surface area contributed by atoms with Crippen LogP contribution in [0.1, 0.15) is 23.2 Å². The van der Waals surface area contributed by atoms with Gasteiger partial charge >= 0.3 is 5.97 Å². The van der Waals surface area contributed by atoms with Crippen LogP contribution in [0.25, 0.3) is 0 Å². The zero-order valence-electron chi connectivity index (χ0n) is 11.4. The van der Waals surface area contributed by atoms with Crippen LogP contribution in [-0.4, -0.2) is 37.5 Å². The number of halogens is 4. The molecule has 116 valence electrons. The Hall–Kier alpha value is -2.12. The number of rotatable bonds is 5. The molecule has 0 aliphatic carbocycles. The fourth-order valence-electron chi connectivity index (χ4n) is 1.60. The maximum atomic E-state index is 13.5. The molecule has 4 nitrogen and oxygen atoms in total. The van der Waals surface area contributed by atoms with E-state index in [1.54, 1.807) is 0 Å². The van der Waals surface area contributed by atoms with Gasteiger partial charge in [0.25, 0.3) is 5.91 Å². The zero-order chi connectivity index (χ0) is 16.2. The van der Waals surface area contributed by atoms with E-state index in [9.17, 15) is 27.2 Å². The van der Waals surface area contributed by atoms with Gasteiger partial charge in [-0.25, -0.2) is 17.6 Å². The standard InChI is InChI=1S/C13H13F4NO3/c1-18(5-3-4-9(19)21-2)13(20)7-6-8(14)11(16)12(17)10(7)15/h6H,3-5H2,1-2H3. The lowest BCUT2D eigenvalue weighted by molar-refractivity contribution is -0.140. The molecule has 0 saturated heterocycles. The van der Waals surface area contributed by atoms with Gasteiger partial charge in [-0.1, -0.05) is 0 Å².